The number of hydrogen-bond donors (Lipinski definition) is 1. The van der Waals surface area contributed by atoms with E-state index in [0.29, 0.717) is 26.9 Å². The molecule has 1 amide bonds. The van der Waals surface area contributed by atoms with E-state index in [1.807, 2.05) is 0 Å². The highest BCUT2D eigenvalue weighted by molar-refractivity contribution is 7.93. The second kappa shape index (κ2) is 10.5. The number of nitrogens with zero attached hydrogens (tertiary/aromatic N) is 3. The molecule has 4 aromatic rings. The van der Waals surface area contributed by atoms with Crippen LogP contribution >= 0.6 is 34.5 Å². The number of halogens is 2. The molecule has 0 radical (unpaired) electrons. The minimum atomic E-state index is -4.17. The summed E-state index contributed by atoms with van der Waals surface area (Å²) in [5.41, 5.74) is 0.0751. The monoisotopic (exact) mass is 615 g/mol. The number of anilines is 1. The van der Waals surface area contributed by atoms with Gasteiger partial charge in [0.05, 0.1) is 27.6 Å². The van der Waals surface area contributed by atoms with Gasteiger partial charge in [0, 0.05) is 27.7 Å². The van der Waals surface area contributed by atoms with Crippen molar-refractivity contribution >= 4 is 72.6 Å². The van der Waals surface area contributed by atoms with Crippen LogP contribution in [0.4, 0.5) is 10.8 Å². The fraction of sp³-hybridized carbons (Fsp3) is 0.0385. The van der Waals surface area contributed by atoms with Crippen LogP contribution in [0.3, 0.4) is 0 Å². The van der Waals surface area contributed by atoms with Crippen molar-refractivity contribution in [3.05, 3.63) is 116 Å². The number of nitro benzene ring substituents is 1. The quantitative estimate of drug-likeness (QED) is 0.0938. The molecule has 0 saturated carbocycles. The summed E-state index contributed by atoms with van der Waals surface area (Å²) in [7, 11) is -4.17. The van der Waals surface area contributed by atoms with Crippen LogP contribution in [0.5, 0.6) is 0 Å². The molecule has 1 N–H and O–H groups in total. The Hall–Kier alpha value is -4.10. The molecule has 10 nitrogen and oxygen atoms in total. The Labute approximate surface area is 240 Å². The molecule has 1 aliphatic heterocycles. The Bertz CT molecular complexity index is 1820. The van der Waals surface area contributed by atoms with E-state index >= 15 is 0 Å². The highest BCUT2D eigenvalue weighted by atomic mass is 35.5. The molecule has 202 valence electrons. The van der Waals surface area contributed by atoms with Crippen LogP contribution < -0.4 is 4.90 Å². The smallest absolute Gasteiger partial charge is 0.301 e. The van der Waals surface area contributed by atoms with Crippen LogP contribution in [0.2, 0.25) is 10.0 Å². The summed E-state index contributed by atoms with van der Waals surface area (Å²) in [6, 6.07) is 15.4. The molecule has 14 heteroatoms. The van der Waals surface area contributed by atoms with Gasteiger partial charge in [-0.1, -0.05) is 46.7 Å². The minimum absolute atomic E-state index is 0.122. The molecule has 5 rings (SSSR count). The molecule has 2 heterocycles. The largest absolute Gasteiger partial charge is 0.507 e. The van der Waals surface area contributed by atoms with Crippen molar-refractivity contribution < 1.29 is 28.0 Å². The Morgan fingerprint density at radius 2 is 1.68 bits per heavy atom. The number of non-ortho nitro benzene ring substituents is 1. The lowest BCUT2D eigenvalue weighted by atomic mass is 9.95. The normalized spacial score (nSPS) is 16.9. The van der Waals surface area contributed by atoms with E-state index in [1.165, 1.54) is 30.3 Å². The van der Waals surface area contributed by atoms with E-state index in [1.54, 1.807) is 18.2 Å². The zero-order chi connectivity index (χ0) is 28.8. The number of benzene rings is 3. The third-order valence-corrected chi connectivity index (χ3v) is 9.74. The first-order valence-corrected chi connectivity index (χ1v) is 14.3. The maximum absolute atomic E-state index is 13.3. The lowest BCUT2D eigenvalue weighted by Gasteiger charge is -2.23. The Morgan fingerprint density at radius 3 is 2.30 bits per heavy atom. The van der Waals surface area contributed by atoms with Gasteiger partial charge < -0.3 is 5.11 Å². The molecular weight excluding hydrogens is 601 g/mol. The van der Waals surface area contributed by atoms with E-state index in [2.05, 4.69) is 4.98 Å². The number of amides is 1. The van der Waals surface area contributed by atoms with Gasteiger partial charge in [0.15, 0.2) is 5.13 Å². The summed E-state index contributed by atoms with van der Waals surface area (Å²) in [6.07, 6.45) is 1.03. The van der Waals surface area contributed by atoms with Gasteiger partial charge in [-0.3, -0.25) is 24.6 Å². The molecule has 1 atom stereocenters. The second-order valence-electron chi connectivity index (χ2n) is 8.45. The summed E-state index contributed by atoms with van der Waals surface area (Å²) in [5.74, 6) is -2.50. The molecule has 1 aliphatic rings. The molecular formula is C26H15Cl2N3O7S2. The number of sulfone groups is 1. The van der Waals surface area contributed by atoms with Crippen molar-refractivity contribution in [2.24, 2.45) is 0 Å². The summed E-state index contributed by atoms with van der Waals surface area (Å²) >= 11 is 12.8. The zero-order valence-corrected chi connectivity index (χ0v) is 23.0. The van der Waals surface area contributed by atoms with Crippen LogP contribution in [0, 0.1) is 10.1 Å². The SMILES string of the molecule is O=C1C(=O)N(c2ncc(S(=O)(=O)c3ccc([N+](=O)[O-])cc3)s2)C(c2cccc(Cl)c2)/C1=C(/O)c1ccc(Cl)cc1. The number of Topliss-reactive ketones (excluding diaryl/α,β-unsaturated/α-hetero) is 1. The van der Waals surface area contributed by atoms with E-state index in [-0.39, 0.29) is 31.1 Å². The van der Waals surface area contributed by atoms with E-state index in [9.17, 15) is 33.2 Å². The first-order valence-electron chi connectivity index (χ1n) is 11.3. The summed E-state index contributed by atoms with van der Waals surface area (Å²) in [5, 5.41) is 22.7. The third-order valence-electron chi connectivity index (χ3n) is 6.03. The third kappa shape index (κ3) is 4.86. The number of thiazole rings is 1. The van der Waals surface area contributed by atoms with Crippen LogP contribution in [0.1, 0.15) is 17.2 Å². The van der Waals surface area contributed by atoms with Crippen LogP contribution in [0.25, 0.3) is 5.76 Å². The lowest BCUT2D eigenvalue weighted by Crippen LogP contribution is -2.29. The number of aromatic nitrogens is 1. The number of carbonyl (C=O) groups excluding carboxylic acids is 2. The minimum Gasteiger partial charge on any atom is -0.507 e. The number of rotatable bonds is 6. The fourth-order valence-corrected chi connectivity index (χ4v) is 7.01. The van der Waals surface area contributed by atoms with Crippen molar-refractivity contribution in [1.82, 2.24) is 4.98 Å². The van der Waals surface area contributed by atoms with Gasteiger partial charge >= 0.3 is 5.91 Å². The highest BCUT2D eigenvalue weighted by Gasteiger charge is 2.48. The summed E-state index contributed by atoms with van der Waals surface area (Å²) in [4.78, 5) is 41.8. The summed E-state index contributed by atoms with van der Waals surface area (Å²) < 4.78 is 26.2. The molecule has 0 spiro atoms. The van der Waals surface area contributed by atoms with Gasteiger partial charge in [-0.25, -0.2) is 13.4 Å². The van der Waals surface area contributed by atoms with Crippen molar-refractivity contribution in [2.75, 3.05) is 4.90 Å². The van der Waals surface area contributed by atoms with Gasteiger partial charge in [0.1, 0.15) is 9.97 Å². The van der Waals surface area contributed by atoms with Gasteiger partial charge in [0.25, 0.3) is 11.5 Å². The van der Waals surface area contributed by atoms with Crippen molar-refractivity contribution in [3.63, 3.8) is 0 Å². The van der Waals surface area contributed by atoms with E-state index in [4.69, 9.17) is 23.2 Å². The predicted octanol–water partition coefficient (Wildman–Crippen LogP) is 5.82. The Kier molecular flexibility index (Phi) is 7.19. The van der Waals surface area contributed by atoms with Gasteiger partial charge in [-0.05, 0) is 54.1 Å². The number of aliphatic hydroxyl groups is 1. The second-order valence-corrected chi connectivity index (χ2v) is 12.5. The highest BCUT2D eigenvalue weighted by Crippen LogP contribution is 2.44. The molecule has 1 aromatic heterocycles. The Morgan fingerprint density at radius 1 is 1.00 bits per heavy atom. The lowest BCUT2D eigenvalue weighted by molar-refractivity contribution is -0.384. The molecule has 1 unspecified atom stereocenters. The van der Waals surface area contributed by atoms with Gasteiger partial charge in [-0.15, -0.1) is 0 Å². The number of nitro groups is 1. The molecule has 1 saturated heterocycles. The van der Waals surface area contributed by atoms with Crippen molar-refractivity contribution in [2.45, 2.75) is 15.1 Å². The molecule has 1 fully saturated rings. The standard InChI is InChI=1S/C26H15Cl2N3O7S2/c27-16-6-4-14(5-7-16)23(32)21-22(15-2-1-3-17(28)12-15)30(25(34)24(21)33)26-29-13-20(39-26)40(37,38)19-10-8-18(9-11-19)31(35)36/h1-13,22,32H/b23-21-. The molecule has 0 aliphatic carbocycles. The number of hydrogen-bond acceptors (Lipinski definition) is 9. The van der Waals surface area contributed by atoms with Crippen LogP contribution in [0.15, 0.2) is 93.7 Å². The number of carbonyl (C=O) groups is 2. The average Bonchev–Trinajstić information content (AvgIpc) is 3.52. The fourth-order valence-electron chi connectivity index (χ4n) is 4.13. The maximum Gasteiger partial charge on any atom is 0.301 e. The number of aliphatic hydroxyl groups excluding tert-OH is 1. The van der Waals surface area contributed by atoms with Crippen LogP contribution in [-0.2, 0) is 19.4 Å². The van der Waals surface area contributed by atoms with Gasteiger partial charge in [0.2, 0.25) is 9.84 Å². The van der Waals surface area contributed by atoms with Crippen LogP contribution in [-0.4, -0.2) is 35.1 Å². The molecule has 40 heavy (non-hydrogen) atoms. The van der Waals surface area contributed by atoms with E-state index < -0.39 is 38.3 Å². The maximum atomic E-state index is 13.3. The molecule has 0 bridgehead atoms. The predicted molar refractivity (Wildman–Crippen MR) is 148 cm³/mol. The zero-order valence-electron chi connectivity index (χ0n) is 19.9. The summed E-state index contributed by atoms with van der Waals surface area (Å²) in [6.45, 7) is 0. The topological polar surface area (TPSA) is 148 Å². The van der Waals surface area contributed by atoms with Crippen molar-refractivity contribution in [3.8, 4) is 0 Å². The van der Waals surface area contributed by atoms with Gasteiger partial charge in [-0.2, -0.15) is 0 Å². The Balaban J connectivity index is 1.62. The van der Waals surface area contributed by atoms with Crippen molar-refractivity contribution in [1.29, 1.82) is 0 Å². The average molecular weight is 616 g/mol. The first-order chi connectivity index (χ1) is 19.0. The van der Waals surface area contributed by atoms with E-state index in [0.717, 1.165) is 35.4 Å². The number of ketones is 1. The molecule has 3 aromatic carbocycles. The first kappa shape index (κ1) is 27.5.